The zero-order valence-electron chi connectivity index (χ0n) is 16.5. The number of carbonyl (C=O) groups excluding carboxylic acids is 2. The number of benzene rings is 2. The third-order valence-electron chi connectivity index (χ3n) is 5.41. The third kappa shape index (κ3) is 4.77. The molecule has 2 aliphatic heterocycles. The van der Waals surface area contributed by atoms with Crippen molar-refractivity contribution in [2.75, 3.05) is 32.8 Å². The largest absolute Gasteiger partial charge is 0.489 e. The molecule has 2 fully saturated rings. The summed E-state index contributed by atoms with van der Waals surface area (Å²) in [5.74, 6) is 0.706. The molecule has 1 unspecified atom stereocenters. The van der Waals surface area contributed by atoms with Crippen LogP contribution in [0.3, 0.4) is 0 Å². The minimum Gasteiger partial charge on any atom is -0.489 e. The summed E-state index contributed by atoms with van der Waals surface area (Å²) in [5.41, 5.74) is 1.69. The van der Waals surface area contributed by atoms with Crippen LogP contribution in [0, 0.1) is 0 Å². The molecule has 2 heterocycles. The molecule has 1 atom stereocenters. The molecule has 0 bridgehead atoms. The van der Waals surface area contributed by atoms with E-state index in [4.69, 9.17) is 9.47 Å². The van der Waals surface area contributed by atoms with Crippen LogP contribution in [0.4, 0.5) is 0 Å². The Labute approximate surface area is 171 Å². The second-order valence-electron chi connectivity index (χ2n) is 7.42. The number of ether oxygens (including phenoxy) is 2. The van der Waals surface area contributed by atoms with Gasteiger partial charge in [0.25, 0.3) is 11.8 Å². The fourth-order valence-electron chi connectivity index (χ4n) is 3.75. The average Bonchev–Trinajstić information content (AvgIpc) is 3.33. The Balaban J connectivity index is 1.32. The van der Waals surface area contributed by atoms with Crippen LogP contribution in [0.25, 0.3) is 0 Å². The van der Waals surface area contributed by atoms with Gasteiger partial charge in [-0.3, -0.25) is 9.59 Å². The Morgan fingerprint density at radius 3 is 2.45 bits per heavy atom. The molecule has 0 aliphatic carbocycles. The Hall–Kier alpha value is -2.86. The van der Waals surface area contributed by atoms with E-state index in [1.54, 1.807) is 11.0 Å². The predicted octanol–water partition coefficient (Wildman–Crippen LogP) is 2.73. The van der Waals surface area contributed by atoms with E-state index in [0.29, 0.717) is 50.7 Å². The molecule has 2 aromatic rings. The van der Waals surface area contributed by atoms with Crippen LogP contribution in [-0.2, 0) is 16.1 Å². The van der Waals surface area contributed by atoms with Gasteiger partial charge in [-0.25, -0.2) is 0 Å². The molecule has 0 radical (unpaired) electrons. The monoisotopic (exact) mass is 394 g/mol. The molecule has 0 saturated carbocycles. The van der Waals surface area contributed by atoms with Crippen molar-refractivity contribution in [3.8, 4) is 5.75 Å². The van der Waals surface area contributed by atoms with E-state index in [1.807, 2.05) is 53.4 Å². The lowest BCUT2D eigenvalue weighted by Gasteiger charge is -2.35. The van der Waals surface area contributed by atoms with Gasteiger partial charge in [0.05, 0.1) is 0 Å². The first kappa shape index (κ1) is 19.5. The van der Waals surface area contributed by atoms with Gasteiger partial charge in [-0.05, 0) is 36.6 Å². The zero-order valence-corrected chi connectivity index (χ0v) is 16.5. The Kier molecular flexibility index (Phi) is 6.10. The molecule has 2 amide bonds. The van der Waals surface area contributed by atoms with Crippen LogP contribution in [0.5, 0.6) is 5.75 Å². The smallest absolute Gasteiger partial charge is 0.254 e. The van der Waals surface area contributed by atoms with E-state index in [1.165, 1.54) is 0 Å². The first-order valence-electron chi connectivity index (χ1n) is 10.2. The summed E-state index contributed by atoms with van der Waals surface area (Å²) in [6.45, 7) is 3.29. The molecule has 0 N–H and O–H groups in total. The fraction of sp³-hybridized carbons (Fsp3) is 0.391. The van der Waals surface area contributed by atoms with E-state index in [2.05, 4.69) is 0 Å². The van der Waals surface area contributed by atoms with E-state index in [0.717, 1.165) is 18.4 Å². The van der Waals surface area contributed by atoms with Crippen molar-refractivity contribution in [3.05, 3.63) is 65.7 Å². The normalized spacial score (nSPS) is 19.2. The Morgan fingerprint density at radius 2 is 1.72 bits per heavy atom. The van der Waals surface area contributed by atoms with Gasteiger partial charge >= 0.3 is 0 Å². The summed E-state index contributed by atoms with van der Waals surface area (Å²) in [6, 6.07) is 17.2. The van der Waals surface area contributed by atoms with Crippen molar-refractivity contribution >= 4 is 11.8 Å². The summed E-state index contributed by atoms with van der Waals surface area (Å²) in [5, 5.41) is 0. The van der Waals surface area contributed by atoms with Gasteiger partial charge in [-0.15, -0.1) is 0 Å². The van der Waals surface area contributed by atoms with Gasteiger partial charge < -0.3 is 19.3 Å². The van der Waals surface area contributed by atoms with Gasteiger partial charge in [0.1, 0.15) is 18.5 Å². The highest BCUT2D eigenvalue weighted by Gasteiger charge is 2.31. The zero-order chi connectivity index (χ0) is 20.1. The van der Waals surface area contributed by atoms with Crippen LogP contribution in [0.15, 0.2) is 54.6 Å². The average molecular weight is 394 g/mol. The van der Waals surface area contributed by atoms with E-state index in [9.17, 15) is 9.59 Å². The Bertz CT molecular complexity index is 841. The van der Waals surface area contributed by atoms with Crippen molar-refractivity contribution < 1.29 is 19.1 Å². The van der Waals surface area contributed by atoms with Crippen molar-refractivity contribution in [1.82, 2.24) is 9.80 Å². The lowest BCUT2D eigenvalue weighted by Crippen LogP contribution is -2.52. The molecule has 0 spiro atoms. The van der Waals surface area contributed by atoms with E-state index >= 15 is 0 Å². The first-order valence-corrected chi connectivity index (χ1v) is 10.2. The van der Waals surface area contributed by atoms with Crippen LogP contribution in [0.1, 0.15) is 28.8 Å². The maximum absolute atomic E-state index is 12.9. The predicted molar refractivity (Wildman–Crippen MR) is 109 cm³/mol. The number of amides is 2. The standard InChI is InChI=1S/C23H26N2O4/c26-22(24-11-13-25(14-12-24)23(27)21-10-5-15-28-21)19-8-4-9-20(16-19)29-17-18-6-2-1-3-7-18/h1-4,6-9,16,21H,5,10-15,17H2. The SMILES string of the molecule is O=C(c1cccc(OCc2ccccc2)c1)N1CCN(C(=O)C2CCCO2)CC1. The second kappa shape index (κ2) is 9.09. The van der Waals surface area contributed by atoms with Gasteiger partial charge in [0, 0.05) is 38.3 Å². The molecule has 2 aliphatic rings. The number of rotatable bonds is 5. The summed E-state index contributed by atoms with van der Waals surface area (Å²) < 4.78 is 11.3. The molecular formula is C23H26N2O4. The summed E-state index contributed by atoms with van der Waals surface area (Å²) in [7, 11) is 0. The molecule has 4 rings (SSSR count). The van der Waals surface area contributed by atoms with Crippen molar-refractivity contribution in [2.24, 2.45) is 0 Å². The number of hydrogen-bond acceptors (Lipinski definition) is 4. The maximum Gasteiger partial charge on any atom is 0.254 e. The topological polar surface area (TPSA) is 59.1 Å². The lowest BCUT2D eigenvalue weighted by atomic mass is 10.1. The molecule has 0 aromatic heterocycles. The quantitative estimate of drug-likeness (QED) is 0.783. The summed E-state index contributed by atoms with van der Waals surface area (Å²) in [4.78, 5) is 29.0. The highest BCUT2D eigenvalue weighted by molar-refractivity contribution is 5.94. The van der Waals surface area contributed by atoms with E-state index < -0.39 is 0 Å². The molecule has 2 aromatic carbocycles. The maximum atomic E-state index is 12.9. The number of carbonyl (C=O) groups is 2. The minimum absolute atomic E-state index is 0.0284. The lowest BCUT2D eigenvalue weighted by molar-refractivity contribution is -0.142. The summed E-state index contributed by atoms with van der Waals surface area (Å²) >= 11 is 0. The fourth-order valence-corrected chi connectivity index (χ4v) is 3.75. The van der Waals surface area contributed by atoms with Crippen LogP contribution >= 0.6 is 0 Å². The molecular weight excluding hydrogens is 368 g/mol. The second-order valence-corrected chi connectivity index (χ2v) is 7.42. The number of hydrogen-bond donors (Lipinski definition) is 0. The highest BCUT2D eigenvalue weighted by atomic mass is 16.5. The van der Waals surface area contributed by atoms with Gasteiger partial charge in [0.15, 0.2) is 0 Å². The van der Waals surface area contributed by atoms with Gasteiger partial charge in [-0.2, -0.15) is 0 Å². The van der Waals surface area contributed by atoms with Crippen molar-refractivity contribution in [3.63, 3.8) is 0 Å². The Morgan fingerprint density at radius 1 is 0.966 bits per heavy atom. The van der Waals surface area contributed by atoms with Crippen molar-refractivity contribution in [2.45, 2.75) is 25.6 Å². The van der Waals surface area contributed by atoms with Gasteiger partial charge in [-0.1, -0.05) is 36.4 Å². The van der Waals surface area contributed by atoms with Crippen LogP contribution in [-0.4, -0.2) is 60.5 Å². The van der Waals surface area contributed by atoms with Crippen molar-refractivity contribution in [1.29, 1.82) is 0 Å². The minimum atomic E-state index is -0.296. The third-order valence-corrected chi connectivity index (χ3v) is 5.41. The molecule has 6 heteroatoms. The van der Waals surface area contributed by atoms with Gasteiger partial charge in [0.2, 0.25) is 0 Å². The number of piperazine rings is 1. The first-order chi connectivity index (χ1) is 14.2. The molecule has 2 saturated heterocycles. The summed E-state index contributed by atoms with van der Waals surface area (Å²) in [6.07, 6.45) is 1.45. The number of nitrogens with zero attached hydrogens (tertiary/aromatic N) is 2. The molecule has 29 heavy (non-hydrogen) atoms. The molecule has 152 valence electrons. The molecule has 6 nitrogen and oxygen atoms in total. The van der Waals surface area contributed by atoms with Crippen LogP contribution in [0.2, 0.25) is 0 Å². The van der Waals surface area contributed by atoms with Crippen LogP contribution < -0.4 is 4.74 Å². The van der Waals surface area contributed by atoms with E-state index in [-0.39, 0.29) is 17.9 Å². The highest BCUT2D eigenvalue weighted by Crippen LogP contribution is 2.19.